The first kappa shape index (κ1) is 44.3. The van der Waals surface area contributed by atoms with Gasteiger partial charge in [-0.15, -0.1) is 0 Å². The number of rotatable bonds is 8. The van der Waals surface area contributed by atoms with E-state index in [9.17, 15) is 43.5 Å². The molecule has 1 aliphatic rings. The fourth-order valence-electron chi connectivity index (χ4n) is 2.64. The molecule has 0 aromatic carbocycles. The molecule has 3 rings (SSSR count). The van der Waals surface area contributed by atoms with Crippen LogP contribution in [0.1, 0.15) is 6.23 Å². The number of hydrogen-bond acceptors (Lipinski definition) is 17. The molecule has 6 N–H and O–H groups in total. The van der Waals surface area contributed by atoms with Crippen LogP contribution in [0.25, 0.3) is 11.2 Å². The number of aliphatic hydroxyl groups is 2. The van der Waals surface area contributed by atoms with Gasteiger partial charge >= 0.3 is 118 Å². The molecule has 0 spiro atoms. The first-order chi connectivity index (χ1) is 14.6. The summed E-state index contributed by atoms with van der Waals surface area (Å²) < 4.78 is 50.2. The predicted octanol–water partition coefficient (Wildman–Crippen LogP) is -16.3. The summed E-state index contributed by atoms with van der Waals surface area (Å²) in [5, 5.41) is 20.1. The molecule has 0 radical (unpaired) electrons. The number of halogens is 1. The van der Waals surface area contributed by atoms with Crippen molar-refractivity contribution in [1.82, 2.24) is 19.5 Å². The summed E-state index contributed by atoms with van der Waals surface area (Å²) in [6.45, 7) is -1.10. The standard InChI is InChI=1S/C10H15ClN5O13P3.4Na.H2O/c11-10-14-7(12)4-8(15-10)16(2-13-4)9-6(18)5(17)3(27-9)1-26-31(22,23)29-32(24,25)28-30(19,20)21;;;;;/h2-3,5-6,9,17-18H,1H2,(H,22,23)(H,24,25)(H2,12,14,15)(H2,19,20,21);;;;;1H2/q;4*+1;/p-4/t3-,5-,6-,9-;;;;;/m1...../s1. The number of imidazole rings is 1. The number of phosphoric acid groups is 3. The molecule has 1 saturated heterocycles. The fourth-order valence-corrected chi connectivity index (χ4v) is 5.68. The van der Waals surface area contributed by atoms with E-state index in [0.29, 0.717) is 0 Å². The SMILES string of the molecule is Nc1nc(Cl)nc2c1ncn2[C@@H]1O[C@H](COP(=O)([O-])OP(=O)([O-])OP(=O)([O-])[O-])[C@@H](O)[C@H]1O.O.[Na+].[Na+].[Na+].[Na+]. The average Bonchev–Trinajstić information content (AvgIpc) is 3.12. The molecular formula is C10H13ClN5Na4O14P3. The molecular weight excluding hydrogens is 634 g/mol. The first-order valence-corrected chi connectivity index (χ1v) is 12.7. The summed E-state index contributed by atoms with van der Waals surface area (Å²) in [6.07, 6.45) is -5.33. The van der Waals surface area contributed by atoms with Crippen LogP contribution in [0.5, 0.6) is 0 Å². The van der Waals surface area contributed by atoms with E-state index in [2.05, 4.69) is 28.1 Å². The Labute approximate surface area is 301 Å². The molecule has 19 nitrogen and oxygen atoms in total. The number of nitrogens with zero attached hydrogens (tertiary/aromatic N) is 4. The third-order valence-corrected chi connectivity index (χ3v) is 7.66. The van der Waals surface area contributed by atoms with E-state index in [-0.39, 0.29) is 146 Å². The number of anilines is 1. The maximum atomic E-state index is 11.6. The van der Waals surface area contributed by atoms with Crippen LogP contribution >= 0.6 is 35.1 Å². The normalized spacial score (nSPS) is 24.2. The number of aliphatic hydroxyl groups excluding tert-OH is 2. The van der Waals surface area contributed by atoms with Gasteiger partial charge in [-0.25, -0.2) is 9.29 Å². The van der Waals surface area contributed by atoms with E-state index in [1.165, 1.54) is 0 Å². The Morgan fingerprint density at radius 3 is 2.14 bits per heavy atom. The third-order valence-electron chi connectivity index (χ3n) is 3.83. The number of fused-ring (bicyclic) bond motifs is 1. The molecule has 1 fully saturated rings. The Bertz CT molecular complexity index is 1180. The minimum atomic E-state index is -6.16. The molecule has 0 saturated carbocycles. The van der Waals surface area contributed by atoms with Crippen LogP contribution in [-0.4, -0.2) is 60.1 Å². The summed E-state index contributed by atoms with van der Waals surface area (Å²) in [4.78, 5) is 54.9. The van der Waals surface area contributed by atoms with Gasteiger partial charge in [0.25, 0.3) is 15.6 Å². The number of hydrogen-bond donors (Lipinski definition) is 3. The largest absolute Gasteiger partial charge is 1.00 e. The monoisotopic (exact) mass is 647 g/mol. The van der Waals surface area contributed by atoms with Crippen molar-refractivity contribution in [2.45, 2.75) is 24.5 Å². The van der Waals surface area contributed by atoms with E-state index in [4.69, 9.17) is 22.1 Å². The maximum Gasteiger partial charge on any atom is 1.00 e. The van der Waals surface area contributed by atoms with E-state index >= 15 is 0 Å². The van der Waals surface area contributed by atoms with Gasteiger partial charge in [0, 0.05) is 0 Å². The van der Waals surface area contributed by atoms with Crippen molar-refractivity contribution in [3.63, 3.8) is 0 Å². The van der Waals surface area contributed by atoms with Gasteiger partial charge in [-0.2, -0.15) is 9.97 Å². The van der Waals surface area contributed by atoms with Crippen LogP contribution in [0.4, 0.5) is 5.82 Å². The average molecular weight is 648 g/mol. The molecule has 2 unspecified atom stereocenters. The van der Waals surface area contributed by atoms with E-state index < -0.39 is 54.6 Å². The van der Waals surface area contributed by atoms with Crippen molar-refractivity contribution < 1.29 is 185 Å². The Balaban J connectivity index is -0.00000231. The number of nitrogens with two attached hydrogens (primary N) is 1. The van der Waals surface area contributed by atoms with Gasteiger partial charge in [0.2, 0.25) is 5.28 Å². The minimum absolute atomic E-state index is 0. The van der Waals surface area contributed by atoms with Crippen LogP contribution in [0.15, 0.2) is 6.33 Å². The number of ether oxygens (including phenoxy) is 1. The summed E-state index contributed by atoms with van der Waals surface area (Å²) >= 11 is 5.73. The number of nitrogen functional groups attached to an aromatic ring is 1. The second kappa shape index (κ2) is 17.3. The van der Waals surface area contributed by atoms with Crippen LogP contribution < -0.4 is 144 Å². The molecule has 1 aliphatic heterocycles. The van der Waals surface area contributed by atoms with Crippen molar-refractivity contribution in [3.05, 3.63) is 11.6 Å². The molecule has 6 atom stereocenters. The van der Waals surface area contributed by atoms with Gasteiger partial charge in [-0.3, -0.25) is 18.0 Å². The van der Waals surface area contributed by atoms with Gasteiger partial charge in [0.05, 0.1) is 20.8 Å². The third kappa shape index (κ3) is 12.2. The second-order valence-corrected chi connectivity index (χ2v) is 10.6. The molecule has 0 aliphatic carbocycles. The van der Waals surface area contributed by atoms with E-state index in [1.54, 1.807) is 0 Å². The van der Waals surface area contributed by atoms with Gasteiger partial charge in [0.15, 0.2) is 17.7 Å². The summed E-state index contributed by atoms with van der Waals surface area (Å²) in [5.41, 5.74) is 5.75. The topological polar surface area (TPSA) is 322 Å². The van der Waals surface area contributed by atoms with Gasteiger partial charge in [-0.05, 0) is 11.6 Å². The van der Waals surface area contributed by atoms with Crippen LogP contribution in [0.3, 0.4) is 0 Å². The molecule has 3 heterocycles. The van der Waals surface area contributed by atoms with Crippen molar-refractivity contribution >= 4 is 52.1 Å². The number of aromatic nitrogens is 4. The predicted molar refractivity (Wildman–Crippen MR) is 95.2 cm³/mol. The van der Waals surface area contributed by atoms with Gasteiger partial charge in [-0.1, -0.05) is 0 Å². The van der Waals surface area contributed by atoms with Crippen LogP contribution in [0, 0.1) is 0 Å². The molecule has 37 heavy (non-hydrogen) atoms. The molecule has 2 aromatic heterocycles. The fraction of sp³-hybridized carbons (Fsp3) is 0.500. The Morgan fingerprint density at radius 1 is 1.03 bits per heavy atom. The molecule has 2 aromatic rings. The van der Waals surface area contributed by atoms with Crippen LogP contribution in [-0.2, 0) is 31.6 Å². The van der Waals surface area contributed by atoms with E-state index in [0.717, 1.165) is 10.9 Å². The van der Waals surface area contributed by atoms with Crippen molar-refractivity contribution in [3.8, 4) is 0 Å². The van der Waals surface area contributed by atoms with Crippen molar-refractivity contribution in [1.29, 1.82) is 0 Å². The molecule has 0 bridgehead atoms. The Kier molecular flexibility index (Phi) is 20.7. The maximum absolute atomic E-state index is 11.6. The molecule has 27 heteroatoms. The second-order valence-electron chi connectivity index (χ2n) is 6.05. The zero-order valence-corrected chi connectivity index (χ0v) is 31.0. The first-order valence-electron chi connectivity index (χ1n) is 7.97. The smallest absolute Gasteiger partial charge is 0.790 e. The van der Waals surface area contributed by atoms with Gasteiger partial charge in [0.1, 0.15) is 23.8 Å². The summed E-state index contributed by atoms with van der Waals surface area (Å²) in [5.74, 6) is -0.0962. The Morgan fingerprint density at radius 2 is 1.59 bits per heavy atom. The summed E-state index contributed by atoms with van der Waals surface area (Å²) in [6, 6.07) is 0. The van der Waals surface area contributed by atoms with Gasteiger partial charge < -0.3 is 54.8 Å². The minimum Gasteiger partial charge on any atom is -0.790 e. The molecule has 0 amide bonds. The molecule has 188 valence electrons. The van der Waals surface area contributed by atoms with Crippen molar-refractivity contribution in [2.75, 3.05) is 12.3 Å². The summed E-state index contributed by atoms with van der Waals surface area (Å²) in [7, 11) is -18.1. The quantitative estimate of drug-likeness (QED) is 0.136. The zero-order chi connectivity index (χ0) is 24.1. The Hall–Kier alpha value is 2.89. The zero-order valence-electron chi connectivity index (χ0n) is 19.6. The van der Waals surface area contributed by atoms with E-state index in [1.807, 2.05) is 0 Å². The number of phosphoric ester groups is 1. The van der Waals surface area contributed by atoms with Crippen LogP contribution in [0.2, 0.25) is 5.28 Å². The van der Waals surface area contributed by atoms with Crippen molar-refractivity contribution in [2.24, 2.45) is 0 Å².